The summed E-state index contributed by atoms with van der Waals surface area (Å²) in [6.07, 6.45) is 2.20. The van der Waals surface area contributed by atoms with Gasteiger partial charge in [0, 0.05) is 19.2 Å². The van der Waals surface area contributed by atoms with E-state index >= 15 is 0 Å². The minimum Gasteiger partial charge on any atom is -0.478 e. The van der Waals surface area contributed by atoms with Crippen LogP contribution in [0.4, 0.5) is 4.39 Å². The molecule has 0 aliphatic carbocycles. The molecule has 1 N–H and O–H groups in total. The Morgan fingerprint density at radius 1 is 1.29 bits per heavy atom. The van der Waals surface area contributed by atoms with Crippen LogP contribution in [0.5, 0.6) is 0 Å². The van der Waals surface area contributed by atoms with E-state index in [1.165, 1.54) is 23.1 Å². The van der Waals surface area contributed by atoms with Crippen molar-refractivity contribution in [1.82, 2.24) is 4.90 Å². The molecule has 0 bridgehead atoms. The fraction of sp³-hybridized carbons (Fsp3) is 0.375. The second kappa shape index (κ2) is 7.02. The molecule has 1 aromatic rings. The van der Waals surface area contributed by atoms with Crippen molar-refractivity contribution in [2.45, 2.75) is 26.8 Å². The molecule has 0 aromatic heterocycles. The zero-order chi connectivity index (χ0) is 16.2. The number of aliphatic carboxylic acids is 1. The van der Waals surface area contributed by atoms with Gasteiger partial charge in [-0.1, -0.05) is 19.9 Å². The summed E-state index contributed by atoms with van der Waals surface area (Å²) in [7, 11) is 1.64. The first-order chi connectivity index (χ1) is 9.73. The Morgan fingerprint density at radius 2 is 1.90 bits per heavy atom. The van der Waals surface area contributed by atoms with Crippen LogP contribution in [0.3, 0.4) is 0 Å². The Balaban J connectivity index is 2.99. The highest BCUT2D eigenvalue weighted by atomic mass is 19.1. The number of carboxylic acid groups (broad SMARTS) is 1. The van der Waals surface area contributed by atoms with Crippen molar-refractivity contribution < 1.29 is 19.1 Å². The van der Waals surface area contributed by atoms with Crippen LogP contribution in [0.1, 0.15) is 36.7 Å². The van der Waals surface area contributed by atoms with Crippen molar-refractivity contribution in [3.8, 4) is 0 Å². The summed E-state index contributed by atoms with van der Waals surface area (Å²) in [4.78, 5) is 24.2. The smallest absolute Gasteiger partial charge is 0.328 e. The second-order valence-corrected chi connectivity index (χ2v) is 5.31. The van der Waals surface area contributed by atoms with Gasteiger partial charge < -0.3 is 10.0 Å². The van der Waals surface area contributed by atoms with E-state index in [-0.39, 0.29) is 23.4 Å². The van der Waals surface area contributed by atoms with Crippen LogP contribution in [0.25, 0.3) is 6.08 Å². The maximum atomic E-state index is 14.0. The molecule has 1 rings (SSSR count). The number of rotatable bonds is 5. The van der Waals surface area contributed by atoms with Gasteiger partial charge in [0.1, 0.15) is 5.82 Å². The first-order valence-electron chi connectivity index (χ1n) is 6.71. The summed E-state index contributed by atoms with van der Waals surface area (Å²) >= 11 is 0. The van der Waals surface area contributed by atoms with Crippen LogP contribution in [0, 0.1) is 11.7 Å². The average Bonchev–Trinajstić information content (AvgIpc) is 2.42. The van der Waals surface area contributed by atoms with Gasteiger partial charge in [-0.15, -0.1) is 0 Å². The van der Waals surface area contributed by atoms with Crippen molar-refractivity contribution in [2.75, 3.05) is 7.05 Å². The molecule has 0 aliphatic rings. The van der Waals surface area contributed by atoms with Crippen LogP contribution < -0.4 is 0 Å². The fourth-order valence-electron chi connectivity index (χ4n) is 1.80. The summed E-state index contributed by atoms with van der Waals surface area (Å²) in [6, 6.07) is 4.04. The highest BCUT2D eigenvalue weighted by Crippen LogP contribution is 2.17. The minimum atomic E-state index is -1.11. The van der Waals surface area contributed by atoms with Crippen LogP contribution in [-0.4, -0.2) is 35.0 Å². The number of benzene rings is 1. The van der Waals surface area contributed by atoms with Gasteiger partial charge in [-0.2, -0.15) is 0 Å². The van der Waals surface area contributed by atoms with E-state index in [4.69, 9.17) is 5.11 Å². The molecular weight excluding hydrogens is 273 g/mol. The second-order valence-electron chi connectivity index (χ2n) is 5.31. The van der Waals surface area contributed by atoms with E-state index in [1.807, 2.05) is 20.8 Å². The number of halogens is 1. The molecule has 0 saturated carbocycles. The van der Waals surface area contributed by atoms with Crippen LogP contribution in [0.2, 0.25) is 0 Å². The topological polar surface area (TPSA) is 57.6 Å². The molecule has 1 unspecified atom stereocenters. The number of carbonyl (C=O) groups excluding carboxylic acids is 1. The minimum absolute atomic E-state index is 0.0107. The molecule has 114 valence electrons. The average molecular weight is 293 g/mol. The molecule has 21 heavy (non-hydrogen) atoms. The first-order valence-corrected chi connectivity index (χ1v) is 6.71. The molecule has 0 spiro atoms. The fourth-order valence-corrected chi connectivity index (χ4v) is 1.80. The predicted molar refractivity (Wildman–Crippen MR) is 79.5 cm³/mol. The van der Waals surface area contributed by atoms with Gasteiger partial charge in [0.2, 0.25) is 0 Å². The Morgan fingerprint density at radius 3 is 2.38 bits per heavy atom. The zero-order valence-electron chi connectivity index (χ0n) is 12.6. The summed E-state index contributed by atoms with van der Waals surface area (Å²) in [5.41, 5.74) is 0.378. The van der Waals surface area contributed by atoms with Gasteiger partial charge in [-0.25, -0.2) is 9.18 Å². The maximum Gasteiger partial charge on any atom is 0.328 e. The molecule has 4 nitrogen and oxygen atoms in total. The number of amides is 1. The lowest BCUT2D eigenvalue weighted by molar-refractivity contribution is -0.131. The predicted octanol–water partition coefficient (Wildman–Crippen LogP) is 3.04. The lowest BCUT2D eigenvalue weighted by atomic mass is 10.0. The lowest BCUT2D eigenvalue weighted by Crippen LogP contribution is -2.38. The molecule has 1 aromatic carbocycles. The van der Waals surface area contributed by atoms with E-state index in [0.29, 0.717) is 5.56 Å². The number of hydrogen-bond donors (Lipinski definition) is 1. The Hall–Kier alpha value is -2.17. The van der Waals surface area contributed by atoms with Crippen LogP contribution >= 0.6 is 0 Å². The molecule has 1 atom stereocenters. The SMILES string of the molecule is CC(C)C(C)N(C)C(=O)c1ccc(C=CC(=O)O)cc1F. The highest BCUT2D eigenvalue weighted by molar-refractivity contribution is 5.95. The molecule has 0 saturated heterocycles. The van der Waals surface area contributed by atoms with Crippen molar-refractivity contribution in [1.29, 1.82) is 0 Å². The molecule has 0 radical (unpaired) electrons. The zero-order valence-corrected chi connectivity index (χ0v) is 12.6. The maximum absolute atomic E-state index is 14.0. The molecule has 0 fully saturated rings. The third-order valence-electron chi connectivity index (χ3n) is 3.54. The number of carbonyl (C=O) groups is 2. The van der Waals surface area contributed by atoms with Gasteiger partial charge in [0.15, 0.2) is 0 Å². The third kappa shape index (κ3) is 4.41. The largest absolute Gasteiger partial charge is 0.478 e. The van der Waals surface area contributed by atoms with Crippen molar-refractivity contribution in [3.05, 3.63) is 41.2 Å². The summed E-state index contributed by atoms with van der Waals surface area (Å²) in [5.74, 6) is -1.89. The molecular formula is C16H20FNO3. The van der Waals surface area contributed by atoms with E-state index in [1.54, 1.807) is 7.05 Å². The molecule has 0 aliphatic heterocycles. The van der Waals surface area contributed by atoms with Gasteiger partial charge >= 0.3 is 5.97 Å². The molecule has 1 amide bonds. The lowest BCUT2D eigenvalue weighted by Gasteiger charge is -2.28. The number of nitrogens with zero attached hydrogens (tertiary/aromatic N) is 1. The van der Waals surface area contributed by atoms with Crippen molar-refractivity contribution >= 4 is 18.0 Å². The van der Waals surface area contributed by atoms with Gasteiger partial charge in [-0.05, 0) is 36.6 Å². The number of hydrogen-bond acceptors (Lipinski definition) is 2. The quantitative estimate of drug-likeness (QED) is 0.849. The Labute approximate surface area is 123 Å². The third-order valence-corrected chi connectivity index (χ3v) is 3.54. The van der Waals surface area contributed by atoms with Gasteiger partial charge in [0.05, 0.1) is 5.56 Å². The standard InChI is InChI=1S/C16H20FNO3/c1-10(2)11(3)18(4)16(21)13-7-5-12(9-14(13)17)6-8-15(19)20/h5-11H,1-4H3,(H,19,20). The van der Waals surface area contributed by atoms with E-state index in [0.717, 1.165) is 12.1 Å². The first kappa shape index (κ1) is 16.9. The van der Waals surface area contributed by atoms with E-state index in [9.17, 15) is 14.0 Å². The summed E-state index contributed by atoms with van der Waals surface area (Å²) < 4.78 is 14.0. The monoisotopic (exact) mass is 293 g/mol. The molecule has 5 heteroatoms. The summed E-state index contributed by atoms with van der Waals surface area (Å²) in [5, 5.41) is 8.53. The van der Waals surface area contributed by atoms with E-state index < -0.39 is 11.8 Å². The van der Waals surface area contributed by atoms with E-state index in [2.05, 4.69) is 0 Å². The van der Waals surface area contributed by atoms with Crippen molar-refractivity contribution in [2.24, 2.45) is 5.92 Å². The molecule has 0 heterocycles. The highest BCUT2D eigenvalue weighted by Gasteiger charge is 2.22. The van der Waals surface area contributed by atoms with Crippen molar-refractivity contribution in [3.63, 3.8) is 0 Å². The number of carboxylic acids is 1. The van der Waals surface area contributed by atoms with Crippen LogP contribution in [0.15, 0.2) is 24.3 Å². The normalized spacial score (nSPS) is 12.7. The van der Waals surface area contributed by atoms with Gasteiger partial charge in [-0.3, -0.25) is 4.79 Å². The Kier molecular flexibility index (Phi) is 5.64. The Bertz CT molecular complexity index is 567. The summed E-state index contributed by atoms with van der Waals surface area (Å²) in [6.45, 7) is 5.89. The van der Waals surface area contributed by atoms with Gasteiger partial charge in [0.25, 0.3) is 5.91 Å². The van der Waals surface area contributed by atoms with Crippen LogP contribution in [-0.2, 0) is 4.79 Å².